The zero-order valence-electron chi connectivity index (χ0n) is 13.6. The van der Waals surface area contributed by atoms with Gasteiger partial charge in [-0.25, -0.2) is 0 Å². The van der Waals surface area contributed by atoms with Crippen LogP contribution in [-0.2, 0) is 11.3 Å². The molecule has 0 aromatic carbocycles. The van der Waals surface area contributed by atoms with E-state index in [1.54, 1.807) is 6.92 Å². The van der Waals surface area contributed by atoms with Gasteiger partial charge in [0, 0.05) is 24.4 Å². The maximum atomic E-state index is 12.1. The van der Waals surface area contributed by atoms with E-state index in [2.05, 4.69) is 48.5 Å². The quantitative estimate of drug-likeness (QED) is 0.887. The zero-order valence-corrected chi connectivity index (χ0v) is 13.6. The molecule has 0 spiro atoms. The smallest absolute Gasteiger partial charge is 0.235 e. The van der Waals surface area contributed by atoms with Crippen LogP contribution in [0.4, 0.5) is 0 Å². The van der Waals surface area contributed by atoms with E-state index in [9.17, 15) is 4.79 Å². The second kappa shape index (κ2) is 5.75. The molecular weight excluding hydrogens is 268 g/mol. The van der Waals surface area contributed by atoms with Crippen LogP contribution < -0.4 is 10.6 Å². The van der Waals surface area contributed by atoms with E-state index < -0.39 is 0 Å². The van der Waals surface area contributed by atoms with Gasteiger partial charge in [0.05, 0.1) is 6.54 Å². The topological polar surface area (TPSA) is 80.0 Å². The molecule has 1 fully saturated rings. The summed E-state index contributed by atoms with van der Waals surface area (Å²) >= 11 is 0. The van der Waals surface area contributed by atoms with E-state index >= 15 is 0 Å². The Bertz CT molecular complexity index is 492. The largest absolute Gasteiger partial charge is 0.424 e. The highest BCUT2D eigenvalue weighted by Crippen LogP contribution is 2.34. The number of carbonyl (C=O) groups is 1. The molecule has 1 aromatic heterocycles. The van der Waals surface area contributed by atoms with Gasteiger partial charge in [0.15, 0.2) is 0 Å². The van der Waals surface area contributed by atoms with Gasteiger partial charge < -0.3 is 15.1 Å². The van der Waals surface area contributed by atoms with E-state index in [1.165, 1.54) is 0 Å². The van der Waals surface area contributed by atoms with Gasteiger partial charge in [-0.15, -0.1) is 10.2 Å². The molecule has 0 unspecified atom stereocenters. The molecule has 0 bridgehead atoms. The van der Waals surface area contributed by atoms with Crippen LogP contribution in [0.25, 0.3) is 0 Å². The molecule has 118 valence electrons. The fourth-order valence-electron chi connectivity index (χ4n) is 3.60. The molecule has 0 saturated carbocycles. The third-order valence-corrected chi connectivity index (χ3v) is 3.75. The van der Waals surface area contributed by atoms with E-state index in [0.717, 1.165) is 12.8 Å². The second-order valence-electron chi connectivity index (χ2n) is 7.36. The van der Waals surface area contributed by atoms with Crippen LogP contribution >= 0.6 is 0 Å². The van der Waals surface area contributed by atoms with Crippen molar-refractivity contribution in [1.82, 2.24) is 20.8 Å². The predicted molar refractivity (Wildman–Crippen MR) is 79.5 cm³/mol. The van der Waals surface area contributed by atoms with Crippen LogP contribution in [0.3, 0.4) is 0 Å². The molecule has 2 N–H and O–H groups in total. The number of hydrogen-bond acceptors (Lipinski definition) is 5. The minimum Gasteiger partial charge on any atom is -0.424 e. The maximum absolute atomic E-state index is 12.1. The van der Waals surface area contributed by atoms with Crippen molar-refractivity contribution in [2.24, 2.45) is 5.92 Å². The number of piperidine rings is 1. The average Bonchev–Trinajstić information content (AvgIpc) is 2.68. The lowest BCUT2D eigenvalue weighted by Gasteiger charge is -2.46. The molecule has 0 radical (unpaired) electrons. The highest BCUT2D eigenvalue weighted by molar-refractivity contribution is 5.76. The fourth-order valence-corrected chi connectivity index (χ4v) is 3.60. The van der Waals surface area contributed by atoms with Crippen LogP contribution in [-0.4, -0.2) is 27.2 Å². The minimum absolute atomic E-state index is 0.0457. The summed E-state index contributed by atoms with van der Waals surface area (Å²) in [5.74, 6) is 1.40. The first kappa shape index (κ1) is 15.9. The Hall–Kier alpha value is -1.43. The lowest BCUT2D eigenvalue weighted by atomic mass is 9.74. The number of aromatic nitrogens is 2. The number of nitrogens with one attached hydrogen (secondary N) is 2. The highest BCUT2D eigenvalue weighted by atomic mass is 16.4. The summed E-state index contributed by atoms with van der Waals surface area (Å²) in [6.45, 7) is 10.8. The summed E-state index contributed by atoms with van der Waals surface area (Å²) < 4.78 is 5.24. The molecule has 1 aliphatic heterocycles. The van der Waals surface area contributed by atoms with Crippen LogP contribution in [0.5, 0.6) is 0 Å². The minimum atomic E-state index is 0.0457. The Labute approximate surface area is 126 Å². The van der Waals surface area contributed by atoms with Crippen molar-refractivity contribution >= 4 is 5.91 Å². The molecule has 0 atom stereocenters. The third kappa shape index (κ3) is 4.81. The fraction of sp³-hybridized carbons (Fsp3) is 0.800. The molecule has 1 saturated heterocycles. The third-order valence-electron chi connectivity index (χ3n) is 3.75. The first-order valence-corrected chi connectivity index (χ1v) is 7.50. The Morgan fingerprint density at radius 1 is 1.29 bits per heavy atom. The summed E-state index contributed by atoms with van der Waals surface area (Å²) in [7, 11) is 0. The Balaban J connectivity index is 1.84. The van der Waals surface area contributed by atoms with Gasteiger partial charge in [0.25, 0.3) is 0 Å². The van der Waals surface area contributed by atoms with Crippen molar-refractivity contribution in [3.8, 4) is 0 Å². The summed E-state index contributed by atoms with van der Waals surface area (Å²) in [4.78, 5) is 12.1. The monoisotopic (exact) mass is 294 g/mol. The van der Waals surface area contributed by atoms with E-state index in [1.807, 2.05) is 0 Å². The molecule has 1 aromatic rings. The zero-order chi connectivity index (χ0) is 15.7. The number of rotatable bonds is 4. The molecule has 21 heavy (non-hydrogen) atoms. The van der Waals surface area contributed by atoms with Crippen molar-refractivity contribution in [3.05, 3.63) is 11.8 Å². The first-order chi connectivity index (χ1) is 9.65. The van der Waals surface area contributed by atoms with Crippen LogP contribution in [0.1, 0.15) is 58.7 Å². The Morgan fingerprint density at radius 2 is 1.90 bits per heavy atom. The van der Waals surface area contributed by atoms with Gasteiger partial charge in [-0.05, 0) is 46.5 Å². The second-order valence-corrected chi connectivity index (χ2v) is 7.36. The molecule has 6 nitrogen and oxygen atoms in total. The van der Waals surface area contributed by atoms with Gasteiger partial charge >= 0.3 is 0 Å². The summed E-state index contributed by atoms with van der Waals surface area (Å²) in [6.07, 6.45) is 2.55. The lowest BCUT2D eigenvalue weighted by Crippen LogP contribution is -2.58. The first-order valence-electron chi connectivity index (χ1n) is 7.50. The number of hydrogen-bond donors (Lipinski definition) is 2. The van der Waals surface area contributed by atoms with Crippen LogP contribution in [0.2, 0.25) is 0 Å². The van der Waals surface area contributed by atoms with Gasteiger partial charge in [0.1, 0.15) is 0 Å². The molecule has 6 heteroatoms. The van der Waals surface area contributed by atoms with Crippen molar-refractivity contribution in [1.29, 1.82) is 0 Å². The predicted octanol–water partition coefficient (Wildman–Crippen LogP) is 1.94. The Morgan fingerprint density at radius 3 is 2.43 bits per heavy atom. The molecule has 2 heterocycles. The molecule has 1 amide bonds. The number of carbonyl (C=O) groups excluding carboxylic acids is 1. The number of nitrogens with zero attached hydrogens (tertiary/aromatic N) is 2. The van der Waals surface area contributed by atoms with Gasteiger partial charge in [-0.1, -0.05) is 0 Å². The molecular formula is C15H26N4O2. The van der Waals surface area contributed by atoms with Crippen molar-refractivity contribution in [2.75, 3.05) is 0 Å². The normalized spacial score (nSPS) is 21.2. The van der Waals surface area contributed by atoms with Gasteiger partial charge in [-0.2, -0.15) is 0 Å². The van der Waals surface area contributed by atoms with Crippen molar-refractivity contribution in [3.63, 3.8) is 0 Å². The molecule has 2 rings (SSSR count). The Kier molecular flexibility index (Phi) is 4.37. The summed E-state index contributed by atoms with van der Waals surface area (Å²) in [6, 6.07) is 0. The van der Waals surface area contributed by atoms with Crippen molar-refractivity contribution in [2.45, 2.75) is 71.5 Å². The standard InChI is InChI=1S/C15H26N4O2/c1-10-17-18-13(21-10)9-16-12(20)6-11-7-14(2,3)19-15(4,5)8-11/h11,19H,6-9H2,1-5H3,(H,16,20). The van der Waals surface area contributed by atoms with Gasteiger partial charge in [0.2, 0.25) is 17.7 Å². The molecule has 1 aliphatic rings. The van der Waals surface area contributed by atoms with E-state index in [0.29, 0.717) is 30.7 Å². The van der Waals surface area contributed by atoms with Crippen molar-refractivity contribution < 1.29 is 9.21 Å². The molecule has 0 aliphatic carbocycles. The number of aryl methyl sites for hydroxylation is 1. The van der Waals surface area contributed by atoms with Crippen LogP contribution in [0.15, 0.2) is 4.42 Å². The SMILES string of the molecule is Cc1nnc(CNC(=O)CC2CC(C)(C)NC(C)(C)C2)o1. The average molecular weight is 294 g/mol. The highest BCUT2D eigenvalue weighted by Gasteiger charge is 2.38. The lowest BCUT2D eigenvalue weighted by molar-refractivity contribution is -0.122. The van der Waals surface area contributed by atoms with E-state index in [-0.39, 0.29) is 17.0 Å². The van der Waals surface area contributed by atoms with E-state index in [4.69, 9.17) is 4.42 Å². The summed E-state index contributed by atoms with van der Waals surface area (Å²) in [5.41, 5.74) is 0.132. The maximum Gasteiger partial charge on any atom is 0.235 e. The number of amides is 1. The van der Waals surface area contributed by atoms with Gasteiger partial charge in [-0.3, -0.25) is 4.79 Å². The van der Waals surface area contributed by atoms with Crippen LogP contribution in [0, 0.1) is 12.8 Å². The summed E-state index contributed by atoms with van der Waals surface area (Å²) in [5, 5.41) is 14.1.